The number of amides is 1. The highest BCUT2D eigenvalue weighted by atomic mass is 32.2. The number of aromatic nitrogens is 3. The first-order chi connectivity index (χ1) is 15.8. The first-order valence-corrected chi connectivity index (χ1v) is 11.7. The van der Waals surface area contributed by atoms with E-state index in [4.69, 9.17) is 4.74 Å². The smallest absolute Gasteiger partial charge is 0.247 e. The number of halogens is 2. The van der Waals surface area contributed by atoms with E-state index in [9.17, 15) is 13.6 Å². The molecule has 1 aliphatic rings. The molecule has 172 valence electrons. The van der Waals surface area contributed by atoms with Gasteiger partial charge >= 0.3 is 0 Å². The van der Waals surface area contributed by atoms with Crippen molar-refractivity contribution < 1.29 is 18.3 Å². The topological polar surface area (TPSA) is 68.2 Å². The van der Waals surface area contributed by atoms with Gasteiger partial charge in [-0.15, -0.1) is 10.2 Å². The highest BCUT2D eigenvalue weighted by Gasteiger charge is 2.36. The number of fused-ring (bicyclic) bond motifs is 3. The van der Waals surface area contributed by atoms with Gasteiger partial charge in [0.25, 0.3) is 0 Å². The largest absolute Gasteiger partial charge is 0.447 e. The number of hydrogen-bond donors (Lipinski definition) is 0. The summed E-state index contributed by atoms with van der Waals surface area (Å²) in [4.78, 5) is 18.7. The maximum atomic E-state index is 14.9. The van der Waals surface area contributed by atoms with Crippen LogP contribution in [0.15, 0.2) is 41.6 Å². The summed E-state index contributed by atoms with van der Waals surface area (Å²) in [5.74, 6) is -1.21. The lowest BCUT2D eigenvalue weighted by Gasteiger charge is -2.30. The molecule has 6 nitrogen and oxygen atoms in total. The Morgan fingerprint density at radius 1 is 1.21 bits per heavy atom. The molecule has 0 bridgehead atoms. The highest BCUT2D eigenvalue weighted by Crippen LogP contribution is 2.44. The molecule has 0 aliphatic carbocycles. The van der Waals surface area contributed by atoms with Crippen LogP contribution < -0.4 is 9.64 Å². The van der Waals surface area contributed by atoms with Gasteiger partial charge in [-0.2, -0.15) is 4.98 Å². The van der Waals surface area contributed by atoms with Crippen molar-refractivity contribution >= 4 is 23.4 Å². The van der Waals surface area contributed by atoms with Crippen molar-refractivity contribution in [1.29, 1.82) is 0 Å². The Bertz CT molecular complexity index is 1210. The molecular weight excluding hydrogens is 446 g/mol. The van der Waals surface area contributed by atoms with Crippen molar-refractivity contribution in [2.75, 3.05) is 10.7 Å². The Kier molecular flexibility index (Phi) is 6.60. The number of anilines is 1. The molecule has 0 spiro atoms. The quantitative estimate of drug-likeness (QED) is 0.454. The zero-order chi connectivity index (χ0) is 23.7. The summed E-state index contributed by atoms with van der Waals surface area (Å²) in [5, 5.41) is 9.02. The highest BCUT2D eigenvalue weighted by molar-refractivity contribution is 7.99. The van der Waals surface area contributed by atoms with Gasteiger partial charge in [-0.25, -0.2) is 8.78 Å². The molecule has 1 aliphatic heterocycles. The molecule has 0 saturated carbocycles. The second-order valence-corrected chi connectivity index (χ2v) is 9.15. The minimum Gasteiger partial charge on any atom is -0.447 e. The Balaban J connectivity index is 1.94. The summed E-state index contributed by atoms with van der Waals surface area (Å²) < 4.78 is 35.1. The Hall–Kier alpha value is -3.07. The van der Waals surface area contributed by atoms with Crippen LogP contribution in [0.2, 0.25) is 0 Å². The second kappa shape index (κ2) is 9.43. The number of carbonyl (C=O) groups is 1. The molecule has 4 rings (SSSR count). The number of rotatable bonds is 5. The summed E-state index contributed by atoms with van der Waals surface area (Å²) >= 11 is 1.43. The van der Waals surface area contributed by atoms with Gasteiger partial charge < -0.3 is 4.74 Å². The van der Waals surface area contributed by atoms with Crippen LogP contribution in [-0.2, 0) is 11.2 Å². The summed E-state index contributed by atoms with van der Waals surface area (Å²) in [6.45, 7) is 7.52. The van der Waals surface area contributed by atoms with Crippen molar-refractivity contribution in [2.24, 2.45) is 5.92 Å². The summed E-state index contributed by atoms with van der Waals surface area (Å²) in [5.41, 5.74) is 2.31. The summed E-state index contributed by atoms with van der Waals surface area (Å²) in [6.07, 6.45) is -0.514. The lowest BCUT2D eigenvalue weighted by atomic mass is 10.0. The van der Waals surface area contributed by atoms with E-state index >= 15 is 0 Å². The number of nitrogens with zero attached hydrogens (tertiary/aromatic N) is 4. The summed E-state index contributed by atoms with van der Waals surface area (Å²) in [6, 6.07) is 9.34. The monoisotopic (exact) mass is 470 g/mol. The fraction of sp³-hybridized carbons (Fsp3) is 0.333. The standard InChI is InChI=1S/C24H24F2N4O2S/c1-5-15-9-10-19-17(11-15)21-22(27-24(29-28-21)33-12-13(2)3)32-23(30(19)14(4)31)16-7-6-8-18(25)20(16)26/h6-11,13,23H,5,12H2,1-4H3/t23-/m1/s1. The average Bonchev–Trinajstić information content (AvgIpc) is 2.93. The van der Waals surface area contributed by atoms with E-state index in [-0.39, 0.29) is 11.4 Å². The van der Waals surface area contributed by atoms with E-state index in [1.165, 1.54) is 35.7 Å². The van der Waals surface area contributed by atoms with Crippen molar-refractivity contribution in [3.63, 3.8) is 0 Å². The molecule has 2 aromatic carbocycles. The minimum absolute atomic E-state index is 0.112. The van der Waals surface area contributed by atoms with Crippen molar-refractivity contribution in [2.45, 2.75) is 45.5 Å². The molecule has 1 atom stereocenters. The minimum atomic E-state index is -1.27. The zero-order valence-corrected chi connectivity index (χ0v) is 19.6. The average molecular weight is 471 g/mol. The lowest BCUT2D eigenvalue weighted by Crippen LogP contribution is -2.36. The fourth-order valence-electron chi connectivity index (χ4n) is 3.59. The van der Waals surface area contributed by atoms with Crippen LogP contribution in [0, 0.1) is 17.6 Å². The van der Waals surface area contributed by atoms with Gasteiger partial charge in [0, 0.05) is 18.2 Å². The Morgan fingerprint density at radius 2 is 2.00 bits per heavy atom. The maximum absolute atomic E-state index is 14.9. The van der Waals surface area contributed by atoms with E-state index in [0.717, 1.165) is 23.8 Å². The first kappa shape index (κ1) is 23.1. The van der Waals surface area contributed by atoms with E-state index < -0.39 is 23.8 Å². The van der Waals surface area contributed by atoms with Crippen molar-refractivity contribution in [3.8, 4) is 17.1 Å². The predicted molar refractivity (Wildman–Crippen MR) is 123 cm³/mol. The van der Waals surface area contributed by atoms with Crippen LogP contribution in [-0.4, -0.2) is 26.8 Å². The molecular formula is C24H24F2N4O2S. The molecule has 0 saturated heterocycles. The number of ether oxygens (including phenoxy) is 1. The van der Waals surface area contributed by atoms with Gasteiger partial charge in [0.05, 0.1) is 11.3 Å². The normalized spacial score (nSPS) is 15.0. The van der Waals surface area contributed by atoms with Gasteiger partial charge in [-0.3, -0.25) is 9.69 Å². The number of benzene rings is 2. The predicted octanol–water partition coefficient (Wildman–Crippen LogP) is 5.57. The number of aryl methyl sites for hydroxylation is 1. The van der Waals surface area contributed by atoms with E-state index in [0.29, 0.717) is 28.0 Å². The van der Waals surface area contributed by atoms with E-state index in [1.54, 1.807) is 6.07 Å². The molecule has 1 amide bonds. The third-order valence-electron chi connectivity index (χ3n) is 5.21. The van der Waals surface area contributed by atoms with Crippen LogP contribution in [0.3, 0.4) is 0 Å². The number of thioether (sulfide) groups is 1. The van der Waals surface area contributed by atoms with Crippen LogP contribution in [0.1, 0.15) is 45.0 Å². The lowest BCUT2D eigenvalue weighted by molar-refractivity contribution is -0.118. The SMILES string of the molecule is CCc1ccc2c(c1)-c1nnc(SCC(C)C)nc1O[C@H](c1cccc(F)c1F)N2C(C)=O. The van der Waals surface area contributed by atoms with Crippen LogP contribution >= 0.6 is 11.8 Å². The van der Waals surface area contributed by atoms with Gasteiger partial charge in [0.15, 0.2) is 17.3 Å². The van der Waals surface area contributed by atoms with Crippen LogP contribution in [0.25, 0.3) is 11.3 Å². The molecule has 0 radical (unpaired) electrons. The second-order valence-electron chi connectivity index (χ2n) is 8.16. The van der Waals surface area contributed by atoms with Crippen molar-refractivity contribution in [3.05, 3.63) is 59.2 Å². The molecule has 1 aromatic heterocycles. The first-order valence-electron chi connectivity index (χ1n) is 10.7. The molecule has 0 fully saturated rings. The summed E-state index contributed by atoms with van der Waals surface area (Å²) in [7, 11) is 0. The Morgan fingerprint density at radius 3 is 2.70 bits per heavy atom. The van der Waals surface area contributed by atoms with E-state index in [2.05, 4.69) is 29.0 Å². The van der Waals surface area contributed by atoms with Crippen LogP contribution in [0.4, 0.5) is 14.5 Å². The zero-order valence-electron chi connectivity index (χ0n) is 18.8. The third-order valence-corrected chi connectivity index (χ3v) is 6.47. The van der Waals surface area contributed by atoms with Gasteiger partial charge in [-0.1, -0.05) is 50.7 Å². The number of carbonyl (C=O) groups excluding carboxylic acids is 1. The van der Waals surface area contributed by atoms with E-state index in [1.807, 2.05) is 19.1 Å². The van der Waals surface area contributed by atoms with Gasteiger partial charge in [0.2, 0.25) is 23.2 Å². The number of hydrogen-bond acceptors (Lipinski definition) is 6. The molecule has 3 aromatic rings. The maximum Gasteiger partial charge on any atom is 0.247 e. The molecule has 33 heavy (non-hydrogen) atoms. The fourth-order valence-corrected chi connectivity index (χ4v) is 4.32. The third kappa shape index (κ3) is 4.55. The van der Waals surface area contributed by atoms with Gasteiger partial charge in [0.1, 0.15) is 0 Å². The molecule has 9 heteroatoms. The van der Waals surface area contributed by atoms with Gasteiger partial charge in [-0.05, 0) is 36.1 Å². The van der Waals surface area contributed by atoms with Crippen LogP contribution in [0.5, 0.6) is 5.88 Å². The molecule has 2 heterocycles. The molecule has 0 N–H and O–H groups in total. The Labute approximate surface area is 195 Å². The van der Waals surface area contributed by atoms with Crippen molar-refractivity contribution in [1.82, 2.24) is 15.2 Å². The molecule has 0 unspecified atom stereocenters.